The molecule has 0 amide bonds. The molecule has 0 aliphatic rings. The van der Waals surface area contributed by atoms with Gasteiger partial charge in [0.15, 0.2) is 0 Å². The summed E-state index contributed by atoms with van der Waals surface area (Å²) < 4.78 is 2.21. The molecule has 2 aromatic rings. The summed E-state index contributed by atoms with van der Waals surface area (Å²) in [6.07, 6.45) is 13.6. The van der Waals surface area contributed by atoms with Crippen LogP contribution in [-0.4, -0.2) is 14.5 Å². The molecule has 0 bridgehead atoms. The molecule has 0 aliphatic carbocycles. The molecular weight excluding hydrogens is 248 g/mol. The van der Waals surface area contributed by atoms with Gasteiger partial charge in [-0.3, -0.25) is 4.98 Å². The summed E-state index contributed by atoms with van der Waals surface area (Å²) in [5.74, 6) is 0. The van der Waals surface area contributed by atoms with Gasteiger partial charge in [-0.2, -0.15) is 0 Å². The van der Waals surface area contributed by atoms with Crippen molar-refractivity contribution in [2.45, 2.75) is 52.0 Å². The van der Waals surface area contributed by atoms with Crippen LogP contribution in [0.2, 0.25) is 0 Å². The first-order valence-corrected chi connectivity index (χ1v) is 7.45. The van der Waals surface area contributed by atoms with E-state index in [9.17, 15) is 0 Å². The Balaban J connectivity index is 2.10. The number of pyridine rings is 1. The summed E-state index contributed by atoms with van der Waals surface area (Å²) in [6, 6.07) is 2.27. The fraction of sp³-hybridized carbons (Fsp3) is 0.500. The third-order valence-electron chi connectivity index (χ3n) is 3.75. The number of nitrogen functional groups attached to an aromatic ring is 1. The summed E-state index contributed by atoms with van der Waals surface area (Å²) in [5, 5.41) is 0. The average Bonchev–Trinajstić information content (AvgIpc) is 2.93. The second-order valence-corrected chi connectivity index (χ2v) is 5.35. The van der Waals surface area contributed by atoms with Crippen molar-refractivity contribution in [2.24, 2.45) is 0 Å². The number of anilines is 1. The van der Waals surface area contributed by atoms with Crippen LogP contribution in [0.4, 0.5) is 5.69 Å². The number of nitrogens with two attached hydrogens (primary N) is 1. The SMILES string of the molecule is CCCCCCC(C)n1cncc1-c1cnccc1N. The predicted octanol–water partition coefficient (Wildman–Crippen LogP) is 4.06. The Hall–Kier alpha value is -1.84. The molecule has 1 unspecified atom stereocenters. The highest BCUT2D eigenvalue weighted by Gasteiger charge is 2.13. The minimum Gasteiger partial charge on any atom is -0.398 e. The zero-order valence-electron chi connectivity index (χ0n) is 12.4. The van der Waals surface area contributed by atoms with Crippen LogP contribution in [0.3, 0.4) is 0 Å². The Bertz CT molecular complexity index is 533. The van der Waals surface area contributed by atoms with Crippen molar-refractivity contribution in [3.8, 4) is 11.3 Å². The number of aromatic nitrogens is 3. The molecule has 0 aliphatic heterocycles. The molecule has 2 N–H and O–H groups in total. The Labute approximate surface area is 121 Å². The standard InChI is InChI=1S/C16H24N4/c1-3-4-5-6-7-13(2)20-12-19-11-16(20)14-10-18-9-8-15(14)17/h8-13H,3-7H2,1-2H3,(H2,17,18). The van der Waals surface area contributed by atoms with E-state index in [1.54, 1.807) is 6.20 Å². The number of unbranched alkanes of at least 4 members (excludes halogenated alkanes) is 3. The Morgan fingerprint density at radius 3 is 2.80 bits per heavy atom. The summed E-state index contributed by atoms with van der Waals surface area (Å²) >= 11 is 0. The molecule has 108 valence electrons. The highest BCUT2D eigenvalue weighted by Crippen LogP contribution is 2.28. The molecule has 0 aromatic carbocycles. The number of hydrogen-bond donors (Lipinski definition) is 1. The van der Waals surface area contributed by atoms with Crippen molar-refractivity contribution in [1.82, 2.24) is 14.5 Å². The molecule has 20 heavy (non-hydrogen) atoms. The van der Waals surface area contributed by atoms with Gasteiger partial charge in [0.1, 0.15) is 0 Å². The van der Waals surface area contributed by atoms with Crippen LogP contribution in [0.15, 0.2) is 31.0 Å². The molecule has 0 fully saturated rings. The molecule has 4 heteroatoms. The fourth-order valence-corrected chi connectivity index (χ4v) is 2.49. The molecule has 0 spiro atoms. The van der Waals surface area contributed by atoms with Crippen molar-refractivity contribution < 1.29 is 0 Å². The van der Waals surface area contributed by atoms with Gasteiger partial charge < -0.3 is 10.3 Å². The quantitative estimate of drug-likeness (QED) is 0.773. The van der Waals surface area contributed by atoms with Crippen LogP contribution in [0.5, 0.6) is 0 Å². The molecule has 0 saturated carbocycles. The van der Waals surface area contributed by atoms with Crippen molar-refractivity contribution in [3.63, 3.8) is 0 Å². The molecule has 1 atom stereocenters. The molecule has 0 radical (unpaired) electrons. The maximum absolute atomic E-state index is 6.04. The molecule has 2 aromatic heterocycles. The summed E-state index contributed by atoms with van der Waals surface area (Å²) in [5.41, 5.74) is 8.81. The zero-order chi connectivity index (χ0) is 14.4. The van der Waals surface area contributed by atoms with E-state index in [1.807, 2.05) is 24.8 Å². The van der Waals surface area contributed by atoms with Crippen LogP contribution in [0.1, 0.15) is 52.0 Å². The molecule has 0 saturated heterocycles. The topological polar surface area (TPSA) is 56.7 Å². The Morgan fingerprint density at radius 2 is 2.05 bits per heavy atom. The third-order valence-corrected chi connectivity index (χ3v) is 3.75. The lowest BCUT2D eigenvalue weighted by Gasteiger charge is -2.17. The second-order valence-electron chi connectivity index (χ2n) is 5.35. The molecule has 2 rings (SSSR count). The van der Waals surface area contributed by atoms with Gasteiger partial charge in [-0.05, 0) is 19.4 Å². The first kappa shape index (κ1) is 14.6. The smallest absolute Gasteiger partial charge is 0.0953 e. The Kier molecular flexibility index (Phi) is 5.16. The van der Waals surface area contributed by atoms with Gasteiger partial charge in [0.2, 0.25) is 0 Å². The first-order chi connectivity index (χ1) is 9.74. The van der Waals surface area contributed by atoms with E-state index in [2.05, 4.69) is 28.4 Å². The van der Waals surface area contributed by atoms with Crippen molar-refractivity contribution >= 4 is 5.69 Å². The molecule has 4 nitrogen and oxygen atoms in total. The summed E-state index contributed by atoms with van der Waals surface area (Å²) in [7, 11) is 0. The van der Waals surface area contributed by atoms with E-state index in [0.717, 1.165) is 16.9 Å². The number of hydrogen-bond acceptors (Lipinski definition) is 3. The van der Waals surface area contributed by atoms with Crippen LogP contribution in [0.25, 0.3) is 11.3 Å². The monoisotopic (exact) mass is 272 g/mol. The summed E-state index contributed by atoms with van der Waals surface area (Å²) in [4.78, 5) is 8.45. The van der Waals surface area contributed by atoms with Crippen molar-refractivity contribution in [2.75, 3.05) is 5.73 Å². The fourth-order valence-electron chi connectivity index (χ4n) is 2.49. The van der Waals surface area contributed by atoms with Gasteiger partial charge in [-0.1, -0.05) is 32.6 Å². The molecular formula is C16H24N4. The maximum atomic E-state index is 6.04. The van der Waals surface area contributed by atoms with Crippen LogP contribution < -0.4 is 5.73 Å². The zero-order valence-corrected chi connectivity index (χ0v) is 12.4. The normalized spacial score (nSPS) is 12.5. The first-order valence-electron chi connectivity index (χ1n) is 7.45. The predicted molar refractivity (Wildman–Crippen MR) is 83.3 cm³/mol. The third kappa shape index (κ3) is 3.38. The van der Waals surface area contributed by atoms with Crippen molar-refractivity contribution in [1.29, 1.82) is 0 Å². The summed E-state index contributed by atoms with van der Waals surface area (Å²) in [6.45, 7) is 4.48. The van der Waals surface area contributed by atoms with Crippen LogP contribution >= 0.6 is 0 Å². The highest BCUT2D eigenvalue weighted by molar-refractivity contribution is 5.72. The van der Waals surface area contributed by atoms with E-state index < -0.39 is 0 Å². The van der Waals surface area contributed by atoms with Crippen LogP contribution in [0, 0.1) is 0 Å². The minimum atomic E-state index is 0.434. The minimum absolute atomic E-state index is 0.434. The van der Waals surface area contributed by atoms with Gasteiger partial charge in [-0.25, -0.2) is 4.98 Å². The van der Waals surface area contributed by atoms with Gasteiger partial charge in [-0.15, -0.1) is 0 Å². The maximum Gasteiger partial charge on any atom is 0.0953 e. The average molecular weight is 272 g/mol. The lowest BCUT2D eigenvalue weighted by molar-refractivity contribution is 0.475. The number of rotatable bonds is 7. The van der Waals surface area contributed by atoms with Gasteiger partial charge >= 0.3 is 0 Å². The van der Waals surface area contributed by atoms with Gasteiger partial charge in [0, 0.05) is 29.7 Å². The van der Waals surface area contributed by atoms with Gasteiger partial charge in [0.05, 0.1) is 18.2 Å². The lowest BCUT2D eigenvalue weighted by Crippen LogP contribution is -2.06. The number of nitrogens with zero attached hydrogens (tertiary/aromatic N) is 3. The van der Waals surface area contributed by atoms with E-state index in [0.29, 0.717) is 6.04 Å². The van der Waals surface area contributed by atoms with E-state index >= 15 is 0 Å². The van der Waals surface area contributed by atoms with Crippen molar-refractivity contribution in [3.05, 3.63) is 31.0 Å². The number of imidazole rings is 1. The van der Waals surface area contributed by atoms with Gasteiger partial charge in [0.25, 0.3) is 0 Å². The van der Waals surface area contributed by atoms with E-state index in [1.165, 1.54) is 32.1 Å². The Morgan fingerprint density at radius 1 is 1.20 bits per heavy atom. The lowest BCUT2D eigenvalue weighted by atomic mass is 10.1. The second kappa shape index (κ2) is 7.08. The van der Waals surface area contributed by atoms with Crippen LogP contribution in [-0.2, 0) is 0 Å². The van der Waals surface area contributed by atoms with E-state index in [4.69, 9.17) is 5.73 Å². The molecule has 2 heterocycles. The highest BCUT2D eigenvalue weighted by atomic mass is 15.1. The largest absolute Gasteiger partial charge is 0.398 e. The van der Waals surface area contributed by atoms with E-state index in [-0.39, 0.29) is 0 Å².